The van der Waals surface area contributed by atoms with Crippen LogP contribution in [-0.4, -0.2) is 32.8 Å². The third-order valence-electron chi connectivity index (χ3n) is 2.86. The number of fused-ring (bicyclic) bond motifs is 1. The van der Waals surface area contributed by atoms with Gasteiger partial charge < -0.3 is 9.84 Å². The number of aromatic nitrogens is 3. The lowest BCUT2D eigenvalue weighted by atomic mass is 10.2. The lowest BCUT2D eigenvalue weighted by Gasteiger charge is -1.98. The smallest absolute Gasteiger partial charge is 0.339 e. The van der Waals surface area contributed by atoms with Crippen molar-refractivity contribution in [2.24, 2.45) is 0 Å². The summed E-state index contributed by atoms with van der Waals surface area (Å²) in [4.78, 5) is 15.8. The zero-order valence-electron chi connectivity index (χ0n) is 10.6. The van der Waals surface area contributed by atoms with Gasteiger partial charge in [-0.3, -0.25) is 0 Å². The first kappa shape index (κ1) is 12.2. The van der Waals surface area contributed by atoms with Crippen LogP contribution in [0.3, 0.4) is 0 Å². The van der Waals surface area contributed by atoms with E-state index < -0.39 is 5.97 Å². The van der Waals surface area contributed by atoms with E-state index in [0.29, 0.717) is 22.6 Å². The number of methoxy groups -OCH3 is 1. The minimum Gasteiger partial charge on any atom is -0.508 e. The van der Waals surface area contributed by atoms with E-state index in [4.69, 9.17) is 0 Å². The van der Waals surface area contributed by atoms with Gasteiger partial charge in [0.25, 0.3) is 0 Å². The van der Waals surface area contributed by atoms with Crippen molar-refractivity contribution in [3.63, 3.8) is 0 Å². The molecule has 0 radical (unpaired) electrons. The number of carbonyl (C=O) groups excluding carboxylic acids is 1. The van der Waals surface area contributed by atoms with Crippen molar-refractivity contribution in [3.05, 3.63) is 48.2 Å². The van der Waals surface area contributed by atoms with Crippen LogP contribution in [0, 0.1) is 0 Å². The van der Waals surface area contributed by atoms with E-state index in [1.807, 2.05) is 0 Å². The second-order valence-corrected chi connectivity index (χ2v) is 4.20. The van der Waals surface area contributed by atoms with Crippen LogP contribution in [0.25, 0.3) is 17.0 Å². The maximum atomic E-state index is 11.5. The summed E-state index contributed by atoms with van der Waals surface area (Å²) in [6.07, 6.45) is 1.56. The van der Waals surface area contributed by atoms with Crippen LogP contribution in [0.1, 0.15) is 10.4 Å². The highest BCUT2D eigenvalue weighted by molar-refractivity contribution is 5.89. The second kappa shape index (κ2) is 4.65. The molecule has 2 heterocycles. The van der Waals surface area contributed by atoms with E-state index in [1.165, 1.54) is 11.6 Å². The lowest BCUT2D eigenvalue weighted by molar-refractivity contribution is 0.0600. The Hall–Kier alpha value is -2.89. The van der Waals surface area contributed by atoms with E-state index in [2.05, 4.69) is 14.8 Å². The Balaban J connectivity index is 2.09. The number of ether oxygens (including phenoxy) is 1. The first-order valence-electron chi connectivity index (χ1n) is 5.91. The molecule has 100 valence electrons. The van der Waals surface area contributed by atoms with Gasteiger partial charge in [-0.1, -0.05) is 12.1 Å². The molecule has 0 aliphatic carbocycles. The minimum absolute atomic E-state index is 0.150. The predicted molar refractivity (Wildman–Crippen MR) is 71.4 cm³/mol. The molecule has 0 unspecified atom stereocenters. The van der Waals surface area contributed by atoms with Gasteiger partial charge in [0.15, 0.2) is 11.5 Å². The number of pyridine rings is 1. The van der Waals surface area contributed by atoms with Crippen LogP contribution in [0.4, 0.5) is 0 Å². The Morgan fingerprint density at radius 3 is 2.90 bits per heavy atom. The molecule has 0 spiro atoms. The van der Waals surface area contributed by atoms with Crippen LogP contribution in [0.2, 0.25) is 0 Å². The van der Waals surface area contributed by atoms with Gasteiger partial charge >= 0.3 is 5.97 Å². The molecule has 6 heteroatoms. The number of aromatic hydroxyl groups is 1. The number of nitrogens with zero attached hydrogens (tertiary/aromatic N) is 3. The average molecular weight is 269 g/mol. The summed E-state index contributed by atoms with van der Waals surface area (Å²) in [5.41, 5.74) is 1.71. The normalized spacial score (nSPS) is 10.7. The van der Waals surface area contributed by atoms with Crippen LogP contribution < -0.4 is 0 Å². The molecule has 0 fully saturated rings. The van der Waals surface area contributed by atoms with Gasteiger partial charge in [-0.05, 0) is 24.3 Å². The predicted octanol–water partition coefficient (Wildman–Crippen LogP) is 1.89. The van der Waals surface area contributed by atoms with E-state index in [9.17, 15) is 9.90 Å². The number of benzene rings is 1. The highest BCUT2D eigenvalue weighted by atomic mass is 16.5. The maximum absolute atomic E-state index is 11.5. The summed E-state index contributed by atoms with van der Waals surface area (Å²) >= 11 is 0. The van der Waals surface area contributed by atoms with Crippen molar-refractivity contribution >= 4 is 11.6 Å². The lowest BCUT2D eigenvalue weighted by Crippen LogP contribution is -2.03. The fraction of sp³-hybridized carbons (Fsp3) is 0.0714. The molecule has 1 N–H and O–H groups in total. The summed E-state index contributed by atoms with van der Waals surface area (Å²) < 4.78 is 6.16. The van der Waals surface area contributed by atoms with E-state index in [1.54, 1.807) is 42.6 Å². The van der Waals surface area contributed by atoms with Crippen LogP contribution in [0.15, 0.2) is 42.6 Å². The van der Waals surface area contributed by atoms with Gasteiger partial charge in [-0.25, -0.2) is 14.3 Å². The zero-order valence-corrected chi connectivity index (χ0v) is 10.6. The quantitative estimate of drug-likeness (QED) is 0.719. The monoisotopic (exact) mass is 269 g/mol. The standard InChI is InChI=1S/C14H11N3O3/c1-20-14(19)10-5-6-12-15-13(16-17(12)8-10)9-3-2-4-11(18)7-9/h2-8,18H,1H3. The first-order valence-corrected chi connectivity index (χ1v) is 5.91. The fourth-order valence-electron chi connectivity index (χ4n) is 1.89. The van der Waals surface area contributed by atoms with Gasteiger partial charge in [0.1, 0.15) is 5.75 Å². The number of phenolic OH excluding ortho intramolecular Hbond substituents is 1. The summed E-state index contributed by atoms with van der Waals surface area (Å²) in [5, 5.41) is 13.8. The molecule has 0 aliphatic rings. The highest BCUT2D eigenvalue weighted by Crippen LogP contribution is 2.20. The number of hydrogen-bond acceptors (Lipinski definition) is 5. The largest absolute Gasteiger partial charge is 0.508 e. The molecule has 0 amide bonds. The number of esters is 1. The van der Waals surface area contributed by atoms with Crippen LogP contribution >= 0.6 is 0 Å². The van der Waals surface area contributed by atoms with Gasteiger partial charge in [0, 0.05) is 11.8 Å². The Morgan fingerprint density at radius 1 is 1.30 bits per heavy atom. The molecular weight excluding hydrogens is 258 g/mol. The van der Waals surface area contributed by atoms with E-state index >= 15 is 0 Å². The second-order valence-electron chi connectivity index (χ2n) is 4.20. The Morgan fingerprint density at radius 2 is 2.15 bits per heavy atom. The summed E-state index contributed by atoms with van der Waals surface area (Å²) in [5.74, 6) is 0.195. The number of rotatable bonds is 2. The molecule has 0 atom stereocenters. The molecule has 6 nitrogen and oxygen atoms in total. The topological polar surface area (TPSA) is 76.7 Å². The Labute approximate surface area is 114 Å². The molecule has 1 aromatic carbocycles. The first-order chi connectivity index (χ1) is 9.67. The van der Waals surface area contributed by atoms with Gasteiger partial charge in [0.05, 0.1) is 12.7 Å². The van der Waals surface area contributed by atoms with Crippen LogP contribution in [-0.2, 0) is 4.74 Å². The van der Waals surface area contributed by atoms with Gasteiger partial charge in [-0.15, -0.1) is 5.10 Å². The molecule has 0 bridgehead atoms. The minimum atomic E-state index is -0.429. The van der Waals surface area contributed by atoms with Gasteiger partial charge in [0.2, 0.25) is 0 Å². The molecule has 0 aliphatic heterocycles. The zero-order chi connectivity index (χ0) is 14.1. The third-order valence-corrected chi connectivity index (χ3v) is 2.86. The molecule has 0 saturated heterocycles. The van der Waals surface area contributed by atoms with E-state index in [-0.39, 0.29) is 5.75 Å². The third kappa shape index (κ3) is 2.07. The molecule has 3 aromatic rings. The molecule has 3 rings (SSSR count). The van der Waals surface area contributed by atoms with Crippen molar-refractivity contribution in [2.75, 3.05) is 7.11 Å². The SMILES string of the molecule is COC(=O)c1ccc2nc(-c3cccc(O)c3)nn2c1. The number of carbonyl (C=O) groups is 1. The summed E-state index contributed by atoms with van der Waals surface area (Å²) in [6, 6.07) is 9.99. The Bertz CT molecular complexity index is 795. The molecule has 20 heavy (non-hydrogen) atoms. The van der Waals surface area contributed by atoms with Crippen molar-refractivity contribution < 1.29 is 14.6 Å². The molecule has 0 saturated carbocycles. The maximum Gasteiger partial charge on any atom is 0.339 e. The highest BCUT2D eigenvalue weighted by Gasteiger charge is 2.10. The fourth-order valence-corrected chi connectivity index (χ4v) is 1.89. The molecular formula is C14H11N3O3. The average Bonchev–Trinajstić information content (AvgIpc) is 2.89. The molecule has 2 aromatic heterocycles. The summed E-state index contributed by atoms with van der Waals surface area (Å²) in [6.45, 7) is 0. The van der Waals surface area contributed by atoms with Crippen molar-refractivity contribution in [1.82, 2.24) is 14.6 Å². The Kier molecular flexibility index (Phi) is 2.83. The van der Waals surface area contributed by atoms with E-state index in [0.717, 1.165) is 0 Å². The summed E-state index contributed by atoms with van der Waals surface area (Å²) in [7, 11) is 1.33. The van der Waals surface area contributed by atoms with Crippen molar-refractivity contribution in [1.29, 1.82) is 0 Å². The van der Waals surface area contributed by atoms with Crippen LogP contribution in [0.5, 0.6) is 5.75 Å². The van der Waals surface area contributed by atoms with Crippen molar-refractivity contribution in [3.8, 4) is 17.1 Å². The van der Waals surface area contributed by atoms with Gasteiger partial charge in [-0.2, -0.15) is 0 Å². The number of phenols is 1. The number of hydrogen-bond donors (Lipinski definition) is 1. The van der Waals surface area contributed by atoms with Crippen molar-refractivity contribution in [2.45, 2.75) is 0 Å².